The Bertz CT molecular complexity index is 467. The Morgan fingerprint density at radius 1 is 1.32 bits per heavy atom. The molecule has 0 bridgehead atoms. The van der Waals surface area contributed by atoms with Crippen LogP contribution >= 0.6 is 38.5 Å². The topological polar surface area (TPSA) is 55.1 Å². The number of nitrogens with two attached hydrogens (primary N) is 1. The molecule has 3 N–H and O–H groups in total. The van der Waals surface area contributed by atoms with Crippen molar-refractivity contribution in [2.24, 2.45) is 5.73 Å². The molecule has 1 aromatic rings. The first-order valence-corrected chi connectivity index (χ1v) is 8.46. The molecule has 2 atom stereocenters. The second kappa shape index (κ2) is 7.04. The van der Waals surface area contributed by atoms with Crippen LogP contribution in [0.4, 0.5) is 0 Å². The minimum Gasteiger partial charge on any atom is -0.348 e. The van der Waals surface area contributed by atoms with Crippen LogP contribution < -0.4 is 11.1 Å². The van der Waals surface area contributed by atoms with Gasteiger partial charge in [0.2, 0.25) is 0 Å². The van der Waals surface area contributed by atoms with Gasteiger partial charge in [-0.05, 0) is 69.6 Å². The van der Waals surface area contributed by atoms with Gasteiger partial charge in [-0.2, -0.15) is 0 Å². The molecule has 0 radical (unpaired) electrons. The molecule has 104 valence electrons. The van der Waals surface area contributed by atoms with Crippen LogP contribution in [0.25, 0.3) is 0 Å². The van der Waals surface area contributed by atoms with Crippen LogP contribution in [0, 0.1) is 3.57 Å². The third kappa shape index (κ3) is 4.16. The fourth-order valence-electron chi connectivity index (χ4n) is 2.43. The molecule has 1 saturated carbocycles. The summed E-state index contributed by atoms with van der Waals surface area (Å²) in [6, 6.07) is 5.94. The summed E-state index contributed by atoms with van der Waals surface area (Å²) in [6.07, 6.45) is 5.51. The maximum atomic E-state index is 12.3. The lowest BCUT2D eigenvalue weighted by Gasteiger charge is -2.23. The molecule has 0 aliphatic heterocycles. The molecule has 1 amide bonds. The van der Waals surface area contributed by atoms with Crippen molar-refractivity contribution in [2.45, 2.75) is 44.2 Å². The monoisotopic (exact) mass is 436 g/mol. The smallest absolute Gasteiger partial charge is 0.252 e. The van der Waals surface area contributed by atoms with E-state index in [2.05, 4.69) is 43.8 Å². The first kappa shape index (κ1) is 15.3. The maximum Gasteiger partial charge on any atom is 0.252 e. The number of hydrogen-bond acceptors (Lipinski definition) is 2. The molecule has 0 saturated heterocycles. The number of amides is 1. The number of halogens is 2. The number of carbonyl (C=O) groups excluding carboxylic acids is 1. The molecule has 19 heavy (non-hydrogen) atoms. The van der Waals surface area contributed by atoms with Gasteiger partial charge in [-0.1, -0.05) is 19.3 Å². The van der Waals surface area contributed by atoms with Gasteiger partial charge in [0, 0.05) is 20.1 Å². The molecule has 0 aromatic heterocycles. The van der Waals surface area contributed by atoms with Gasteiger partial charge in [0.15, 0.2) is 0 Å². The lowest BCUT2D eigenvalue weighted by atomic mass is 10.0. The zero-order valence-electron chi connectivity index (χ0n) is 10.7. The first-order valence-electron chi connectivity index (χ1n) is 6.59. The van der Waals surface area contributed by atoms with E-state index in [1.165, 1.54) is 12.8 Å². The van der Waals surface area contributed by atoms with Crippen molar-refractivity contribution in [3.8, 4) is 0 Å². The van der Waals surface area contributed by atoms with Gasteiger partial charge in [-0.3, -0.25) is 4.79 Å². The SMILES string of the molecule is NC1CCCCCC1NC(=O)c1cc(I)ccc1Br. The van der Waals surface area contributed by atoms with Gasteiger partial charge in [-0.15, -0.1) is 0 Å². The predicted molar refractivity (Wildman–Crippen MR) is 89.2 cm³/mol. The van der Waals surface area contributed by atoms with E-state index >= 15 is 0 Å². The van der Waals surface area contributed by atoms with Gasteiger partial charge in [0.1, 0.15) is 0 Å². The Labute approximate surface area is 136 Å². The Morgan fingerprint density at radius 2 is 2.05 bits per heavy atom. The number of hydrogen-bond donors (Lipinski definition) is 2. The predicted octanol–water partition coefficient (Wildman–Crippen LogP) is 3.44. The van der Waals surface area contributed by atoms with Crippen LogP contribution in [0.5, 0.6) is 0 Å². The number of carbonyl (C=O) groups is 1. The van der Waals surface area contributed by atoms with Crippen LogP contribution in [0.15, 0.2) is 22.7 Å². The minimum absolute atomic E-state index is 0.0345. The zero-order chi connectivity index (χ0) is 13.8. The molecule has 1 aliphatic rings. The zero-order valence-corrected chi connectivity index (χ0v) is 14.4. The molecule has 5 heteroatoms. The third-order valence-corrected chi connectivity index (χ3v) is 4.92. The molecular formula is C14H18BrIN2O. The summed E-state index contributed by atoms with van der Waals surface area (Å²) in [4.78, 5) is 12.3. The average molecular weight is 437 g/mol. The van der Waals surface area contributed by atoms with E-state index in [0.29, 0.717) is 5.56 Å². The van der Waals surface area contributed by atoms with Crippen molar-refractivity contribution >= 4 is 44.4 Å². The summed E-state index contributed by atoms with van der Waals surface area (Å²) in [7, 11) is 0. The van der Waals surface area contributed by atoms with E-state index in [9.17, 15) is 4.79 Å². The van der Waals surface area contributed by atoms with Gasteiger partial charge < -0.3 is 11.1 Å². The molecule has 1 aliphatic carbocycles. The van der Waals surface area contributed by atoms with E-state index in [1.54, 1.807) is 0 Å². The lowest BCUT2D eigenvalue weighted by molar-refractivity contribution is 0.0928. The number of rotatable bonds is 2. The van der Waals surface area contributed by atoms with E-state index in [4.69, 9.17) is 5.73 Å². The summed E-state index contributed by atoms with van der Waals surface area (Å²) in [6.45, 7) is 0. The van der Waals surface area contributed by atoms with Gasteiger partial charge >= 0.3 is 0 Å². The summed E-state index contributed by atoms with van der Waals surface area (Å²) in [5.41, 5.74) is 6.83. The van der Waals surface area contributed by atoms with E-state index in [0.717, 1.165) is 27.3 Å². The van der Waals surface area contributed by atoms with Crippen LogP contribution in [0.2, 0.25) is 0 Å². The van der Waals surface area contributed by atoms with Gasteiger partial charge in [0.25, 0.3) is 5.91 Å². The molecule has 3 nitrogen and oxygen atoms in total. The largest absolute Gasteiger partial charge is 0.348 e. The quantitative estimate of drug-likeness (QED) is 0.551. The van der Waals surface area contributed by atoms with Crippen molar-refractivity contribution in [3.05, 3.63) is 31.8 Å². The highest BCUT2D eigenvalue weighted by molar-refractivity contribution is 14.1. The highest BCUT2D eigenvalue weighted by Crippen LogP contribution is 2.21. The summed E-state index contributed by atoms with van der Waals surface area (Å²) in [5, 5.41) is 3.10. The maximum absolute atomic E-state index is 12.3. The van der Waals surface area contributed by atoms with E-state index < -0.39 is 0 Å². The van der Waals surface area contributed by atoms with Crippen LogP contribution in [-0.2, 0) is 0 Å². The van der Waals surface area contributed by atoms with Crippen molar-refractivity contribution in [1.29, 1.82) is 0 Å². The third-order valence-electron chi connectivity index (χ3n) is 3.56. The van der Waals surface area contributed by atoms with Crippen molar-refractivity contribution < 1.29 is 4.79 Å². The molecule has 1 aromatic carbocycles. The Balaban J connectivity index is 2.09. The van der Waals surface area contributed by atoms with Crippen molar-refractivity contribution in [1.82, 2.24) is 5.32 Å². The first-order chi connectivity index (χ1) is 9.08. The van der Waals surface area contributed by atoms with Crippen LogP contribution in [0.3, 0.4) is 0 Å². The lowest BCUT2D eigenvalue weighted by Crippen LogP contribution is -2.47. The van der Waals surface area contributed by atoms with Gasteiger partial charge in [-0.25, -0.2) is 0 Å². The summed E-state index contributed by atoms with van der Waals surface area (Å²) in [5.74, 6) is -0.0345. The van der Waals surface area contributed by atoms with Gasteiger partial charge in [0.05, 0.1) is 5.56 Å². The van der Waals surface area contributed by atoms with Crippen LogP contribution in [0.1, 0.15) is 42.5 Å². The fraction of sp³-hybridized carbons (Fsp3) is 0.500. The summed E-state index contributed by atoms with van der Waals surface area (Å²) >= 11 is 5.64. The summed E-state index contributed by atoms with van der Waals surface area (Å²) < 4.78 is 1.88. The molecule has 0 heterocycles. The Morgan fingerprint density at radius 3 is 2.84 bits per heavy atom. The molecule has 0 spiro atoms. The number of benzene rings is 1. The van der Waals surface area contributed by atoms with E-state index in [-0.39, 0.29) is 18.0 Å². The highest BCUT2D eigenvalue weighted by atomic mass is 127. The standard InChI is InChI=1S/C14H18BrIN2O/c15-11-7-6-9(16)8-10(11)14(19)18-13-5-3-1-2-4-12(13)17/h6-8,12-13H,1-5,17H2,(H,18,19). The van der Waals surface area contributed by atoms with Crippen molar-refractivity contribution in [2.75, 3.05) is 0 Å². The highest BCUT2D eigenvalue weighted by Gasteiger charge is 2.23. The Kier molecular flexibility index (Phi) is 5.65. The second-order valence-electron chi connectivity index (χ2n) is 5.01. The average Bonchev–Trinajstić information content (AvgIpc) is 2.58. The normalized spacial score (nSPS) is 23.7. The van der Waals surface area contributed by atoms with Crippen LogP contribution in [-0.4, -0.2) is 18.0 Å². The van der Waals surface area contributed by atoms with E-state index in [1.807, 2.05) is 18.2 Å². The second-order valence-corrected chi connectivity index (χ2v) is 7.11. The fourth-order valence-corrected chi connectivity index (χ4v) is 3.35. The number of nitrogens with one attached hydrogen (secondary N) is 1. The molecule has 2 rings (SSSR count). The molecule has 1 fully saturated rings. The minimum atomic E-state index is -0.0345. The molecular weight excluding hydrogens is 419 g/mol. The van der Waals surface area contributed by atoms with Crippen molar-refractivity contribution in [3.63, 3.8) is 0 Å². The Hall–Kier alpha value is -0.140. The molecule has 2 unspecified atom stereocenters.